The molecule has 2 N–H and O–H groups in total. The van der Waals surface area contributed by atoms with Gasteiger partial charge in [-0.3, -0.25) is 9.78 Å². The van der Waals surface area contributed by atoms with Crippen LogP contribution in [0.4, 0.5) is 11.4 Å². The molecule has 110 valence electrons. The Morgan fingerprint density at radius 2 is 1.95 bits per heavy atom. The summed E-state index contributed by atoms with van der Waals surface area (Å²) in [6.07, 6.45) is 0. The molecule has 0 amide bonds. The normalized spacial score (nSPS) is 14.2. The van der Waals surface area contributed by atoms with E-state index < -0.39 is 5.69 Å². The zero-order valence-electron chi connectivity index (χ0n) is 11.5. The fourth-order valence-corrected chi connectivity index (χ4v) is 2.90. The van der Waals surface area contributed by atoms with Gasteiger partial charge in [0.25, 0.3) is 5.56 Å². The molecule has 0 saturated heterocycles. The molecule has 2 aromatic rings. The molecule has 0 unspecified atom stereocenters. The molecule has 3 rings (SSSR count). The first-order valence-corrected chi connectivity index (χ1v) is 7.40. The average Bonchev–Trinajstić information content (AvgIpc) is 2.41. The van der Waals surface area contributed by atoms with Crippen molar-refractivity contribution < 1.29 is 0 Å². The van der Waals surface area contributed by atoms with Gasteiger partial charge in [-0.05, 0) is 18.2 Å². The minimum Gasteiger partial charge on any atom is -0.371 e. The summed E-state index contributed by atoms with van der Waals surface area (Å²) in [5, 5.41) is 0. The van der Waals surface area contributed by atoms with Crippen molar-refractivity contribution in [1.82, 2.24) is 9.97 Å². The van der Waals surface area contributed by atoms with Crippen molar-refractivity contribution >= 4 is 27.3 Å². The Hall–Kier alpha value is -2.02. The van der Waals surface area contributed by atoms with E-state index in [1.165, 1.54) is 6.07 Å². The van der Waals surface area contributed by atoms with E-state index in [-0.39, 0.29) is 5.56 Å². The predicted molar refractivity (Wildman–Crippen MR) is 86.1 cm³/mol. The molecular formula is C14H15BrN4O2. The molecule has 0 saturated carbocycles. The number of rotatable bonds is 2. The Morgan fingerprint density at radius 1 is 1.14 bits per heavy atom. The highest BCUT2D eigenvalue weighted by Gasteiger charge is 2.20. The second-order valence-corrected chi connectivity index (χ2v) is 6.00. The van der Waals surface area contributed by atoms with Crippen LogP contribution in [0.1, 0.15) is 5.69 Å². The minimum absolute atomic E-state index is 0.376. The lowest BCUT2D eigenvalue weighted by molar-refractivity contribution is 0.719. The topological polar surface area (TPSA) is 72.2 Å². The highest BCUT2D eigenvalue weighted by Crippen LogP contribution is 2.35. The fraction of sp³-hybridized carbons (Fsp3) is 0.286. The van der Waals surface area contributed by atoms with Crippen molar-refractivity contribution in [2.24, 2.45) is 0 Å². The lowest BCUT2D eigenvalue weighted by Gasteiger charge is -2.37. The standard InChI is InChI=1S/C14H15BrN4O2/c1-18-4-5-19(11-3-2-9(15)6-12(11)18)8-10-7-13(20)17-14(21)16-10/h2-3,6-7H,4-5,8H2,1H3,(H2,16,17,20,21). The molecule has 2 heterocycles. The maximum absolute atomic E-state index is 11.4. The maximum Gasteiger partial charge on any atom is 0.325 e. The Morgan fingerprint density at radius 3 is 2.71 bits per heavy atom. The van der Waals surface area contributed by atoms with E-state index in [0.29, 0.717) is 12.2 Å². The van der Waals surface area contributed by atoms with Crippen LogP contribution in [-0.4, -0.2) is 30.1 Å². The van der Waals surface area contributed by atoms with Crippen LogP contribution in [0, 0.1) is 0 Å². The van der Waals surface area contributed by atoms with Gasteiger partial charge in [0.15, 0.2) is 0 Å². The molecule has 21 heavy (non-hydrogen) atoms. The molecule has 0 atom stereocenters. The third kappa shape index (κ3) is 2.87. The van der Waals surface area contributed by atoms with Gasteiger partial charge in [-0.15, -0.1) is 0 Å². The monoisotopic (exact) mass is 350 g/mol. The van der Waals surface area contributed by atoms with Crippen LogP contribution in [-0.2, 0) is 6.54 Å². The second kappa shape index (κ2) is 5.40. The van der Waals surface area contributed by atoms with Gasteiger partial charge in [0.05, 0.1) is 17.9 Å². The van der Waals surface area contributed by atoms with Crippen LogP contribution in [0.25, 0.3) is 0 Å². The number of anilines is 2. The van der Waals surface area contributed by atoms with Crippen LogP contribution in [0.2, 0.25) is 0 Å². The summed E-state index contributed by atoms with van der Waals surface area (Å²) in [6, 6.07) is 7.53. The molecule has 6 nitrogen and oxygen atoms in total. The summed E-state index contributed by atoms with van der Waals surface area (Å²) >= 11 is 3.49. The Bertz CT molecular complexity index is 755. The third-order valence-corrected chi connectivity index (χ3v) is 4.07. The fourth-order valence-electron chi connectivity index (χ4n) is 2.56. The van der Waals surface area contributed by atoms with Gasteiger partial charge in [0.1, 0.15) is 0 Å². The Kier molecular flexibility index (Phi) is 3.59. The van der Waals surface area contributed by atoms with E-state index in [9.17, 15) is 9.59 Å². The van der Waals surface area contributed by atoms with E-state index >= 15 is 0 Å². The summed E-state index contributed by atoms with van der Waals surface area (Å²) in [5.41, 5.74) is 1.99. The molecule has 0 spiro atoms. The van der Waals surface area contributed by atoms with E-state index in [4.69, 9.17) is 0 Å². The van der Waals surface area contributed by atoms with Crippen LogP contribution in [0.15, 0.2) is 38.3 Å². The number of aromatic nitrogens is 2. The molecule has 0 radical (unpaired) electrons. The number of nitrogens with one attached hydrogen (secondary N) is 2. The summed E-state index contributed by atoms with van der Waals surface area (Å²) in [4.78, 5) is 31.9. The summed E-state index contributed by atoms with van der Waals surface area (Å²) in [5.74, 6) is 0. The zero-order chi connectivity index (χ0) is 15.0. The summed E-state index contributed by atoms with van der Waals surface area (Å²) in [6.45, 7) is 2.22. The van der Waals surface area contributed by atoms with Crippen molar-refractivity contribution in [3.05, 3.63) is 55.3 Å². The number of benzene rings is 1. The molecule has 7 heteroatoms. The molecule has 0 aliphatic carbocycles. The molecule has 0 fully saturated rings. The number of H-pyrrole nitrogens is 2. The average molecular weight is 351 g/mol. The number of hydrogen-bond acceptors (Lipinski definition) is 4. The first kappa shape index (κ1) is 13.9. The number of fused-ring (bicyclic) bond motifs is 1. The number of halogens is 1. The van der Waals surface area contributed by atoms with Gasteiger partial charge < -0.3 is 14.8 Å². The molecule has 0 bridgehead atoms. The van der Waals surface area contributed by atoms with E-state index in [0.717, 1.165) is 28.9 Å². The van der Waals surface area contributed by atoms with Crippen molar-refractivity contribution in [1.29, 1.82) is 0 Å². The highest BCUT2D eigenvalue weighted by atomic mass is 79.9. The maximum atomic E-state index is 11.4. The zero-order valence-corrected chi connectivity index (χ0v) is 13.1. The van der Waals surface area contributed by atoms with Crippen LogP contribution < -0.4 is 21.0 Å². The van der Waals surface area contributed by atoms with Crippen molar-refractivity contribution in [2.75, 3.05) is 29.9 Å². The van der Waals surface area contributed by atoms with E-state index in [1.807, 2.05) is 12.1 Å². The number of nitrogens with zero attached hydrogens (tertiary/aromatic N) is 2. The number of hydrogen-bond donors (Lipinski definition) is 2. The third-order valence-electron chi connectivity index (χ3n) is 3.57. The Labute approximate surface area is 129 Å². The molecule has 1 aliphatic rings. The van der Waals surface area contributed by atoms with Gasteiger partial charge in [0.2, 0.25) is 0 Å². The number of aromatic amines is 2. The molecule has 1 aromatic carbocycles. The van der Waals surface area contributed by atoms with Gasteiger partial charge in [-0.25, -0.2) is 4.79 Å². The lowest BCUT2D eigenvalue weighted by atomic mass is 10.1. The predicted octanol–water partition coefficient (Wildman–Crippen LogP) is 1.28. The van der Waals surface area contributed by atoms with Crippen molar-refractivity contribution in [3.8, 4) is 0 Å². The first-order chi connectivity index (χ1) is 10.0. The quantitative estimate of drug-likeness (QED) is 0.855. The SMILES string of the molecule is CN1CCN(Cc2cc(=O)[nH]c(=O)[nH]2)c2ccc(Br)cc21. The summed E-state index contributed by atoms with van der Waals surface area (Å²) in [7, 11) is 2.05. The lowest BCUT2D eigenvalue weighted by Crippen LogP contribution is -2.39. The molecule has 1 aromatic heterocycles. The molecular weight excluding hydrogens is 336 g/mol. The van der Waals surface area contributed by atoms with Gasteiger partial charge in [0, 0.05) is 36.4 Å². The van der Waals surface area contributed by atoms with Crippen molar-refractivity contribution in [2.45, 2.75) is 6.54 Å². The number of likely N-dealkylation sites (N-methyl/N-ethyl adjacent to an activating group) is 1. The summed E-state index contributed by atoms with van der Waals surface area (Å²) < 4.78 is 1.03. The second-order valence-electron chi connectivity index (χ2n) is 5.09. The molecule has 1 aliphatic heterocycles. The Balaban J connectivity index is 1.96. The van der Waals surface area contributed by atoms with Crippen LogP contribution in [0.5, 0.6) is 0 Å². The largest absolute Gasteiger partial charge is 0.371 e. The van der Waals surface area contributed by atoms with E-state index in [1.54, 1.807) is 0 Å². The van der Waals surface area contributed by atoms with Crippen molar-refractivity contribution in [3.63, 3.8) is 0 Å². The van der Waals surface area contributed by atoms with Gasteiger partial charge in [-0.1, -0.05) is 15.9 Å². The van der Waals surface area contributed by atoms with Gasteiger partial charge in [-0.2, -0.15) is 0 Å². The van der Waals surface area contributed by atoms with Gasteiger partial charge >= 0.3 is 5.69 Å². The van der Waals surface area contributed by atoms with Crippen LogP contribution >= 0.6 is 15.9 Å². The smallest absolute Gasteiger partial charge is 0.325 e. The highest BCUT2D eigenvalue weighted by molar-refractivity contribution is 9.10. The minimum atomic E-state index is -0.470. The first-order valence-electron chi connectivity index (χ1n) is 6.61. The van der Waals surface area contributed by atoms with Crippen LogP contribution in [0.3, 0.4) is 0 Å². The van der Waals surface area contributed by atoms with E-state index in [2.05, 4.69) is 48.8 Å².